The van der Waals surface area contributed by atoms with Crippen LogP contribution < -0.4 is 15.5 Å². The van der Waals surface area contributed by atoms with E-state index in [0.29, 0.717) is 22.2 Å². The molecule has 1 amide bonds. The minimum absolute atomic E-state index is 0.171. The molecule has 0 bridgehead atoms. The number of carbonyl (C=O) groups is 1. The molecule has 0 atom stereocenters. The van der Waals surface area contributed by atoms with E-state index in [1.165, 1.54) is 5.69 Å². The van der Waals surface area contributed by atoms with Crippen LogP contribution in [-0.4, -0.2) is 54.0 Å². The van der Waals surface area contributed by atoms with Crippen molar-refractivity contribution < 1.29 is 4.79 Å². The van der Waals surface area contributed by atoms with Gasteiger partial charge in [0, 0.05) is 65.4 Å². The lowest BCUT2D eigenvalue weighted by atomic mass is 10.0. The fourth-order valence-corrected chi connectivity index (χ4v) is 4.90. The molecule has 0 aliphatic carbocycles. The second-order valence-electron chi connectivity index (χ2n) is 9.97. The predicted octanol–water partition coefficient (Wildman–Crippen LogP) is 6.70. The van der Waals surface area contributed by atoms with Gasteiger partial charge in [0.25, 0.3) is 5.91 Å². The van der Waals surface area contributed by atoms with Crippen LogP contribution in [0.5, 0.6) is 0 Å². The number of halogens is 1. The van der Waals surface area contributed by atoms with Crippen molar-refractivity contribution in [1.82, 2.24) is 14.9 Å². The molecular formula is C32H29ClN6O. The molecule has 0 saturated carbocycles. The van der Waals surface area contributed by atoms with Gasteiger partial charge in [0.15, 0.2) is 0 Å². The van der Waals surface area contributed by atoms with E-state index >= 15 is 0 Å². The second-order valence-corrected chi connectivity index (χ2v) is 10.4. The molecule has 0 unspecified atom stereocenters. The number of rotatable bonds is 6. The van der Waals surface area contributed by atoms with Crippen LogP contribution in [0.15, 0.2) is 97.2 Å². The predicted molar refractivity (Wildman–Crippen MR) is 164 cm³/mol. The number of benzene rings is 4. The number of aromatic nitrogens is 2. The maximum absolute atomic E-state index is 12.6. The summed E-state index contributed by atoms with van der Waals surface area (Å²) in [4.78, 5) is 26.6. The van der Waals surface area contributed by atoms with Gasteiger partial charge < -0.3 is 20.4 Å². The molecule has 40 heavy (non-hydrogen) atoms. The zero-order valence-electron chi connectivity index (χ0n) is 22.1. The Morgan fingerprint density at radius 1 is 0.800 bits per heavy atom. The summed E-state index contributed by atoms with van der Waals surface area (Å²) in [5.41, 5.74) is 6.36. The van der Waals surface area contributed by atoms with Crippen LogP contribution in [0.3, 0.4) is 0 Å². The van der Waals surface area contributed by atoms with Crippen LogP contribution in [0.4, 0.5) is 23.0 Å². The molecule has 0 radical (unpaired) electrons. The smallest absolute Gasteiger partial charge is 0.255 e. The Hall–Kier alpha value is -4.46. The van der Waals surface area contributed by atoms with E-state index in [1.807, 2.05) is 42.6 Å². The first kappa shape index (κ1) is 25.8. The fourth-order valence-electron chi connectivity index (χ4n) is 4.77. The van der Waals surface area contributed by atoms with Gasteiger partial charge in [-0.2, -0.15) is 0 Å². The third-order valence-corrected chi connectivity index (χ3v) is 7.41. The molecule has 1 aliphatic heterocycles. The highest BCUT2D eigenvalue weighted by Gasteiger charge is 2.14. The molecule has 1 aromatic heterocycles. The molecule has 200 valence electrons. The average Bonchev–Trinajstić information content (AvgIpc) is 2.99. The Morgan fingerprint density at radius 2 is 1.48 bits per heavy atom. The zero-order valence-corrected chi connectivity index (χ0v) is 22.9. The van der Waals surface area contributed by atoms with Gasteiger partial charge in [0.05, 0.1) is 5.52 Å². The lowest BCUT2D eigenvalue weighted by Crippen LogP contribution is -2.44. The van der Waals surface area contributed by atoms with E-state index in [-0.39, 0.29) is 5.91 Å². The fraction of sp³-hybridized carbons (Fsp3) is 0.156. The summed E-state index contributed by atoms with van der Waals surface area (Å²) in [5.74, 6) is 0.387. The first-order valence-electron chi connectivity index (χ1n) is 13.2. The van der Waals surface area contributed by atoms with Gasteiger partial charge >= 0.3 is 0 Å². The van der Waals surface area contributed by atoms with Gasteiger partial charge in [-0.05, 0) is 91.0 Å². The van der Waals surface area contributed by atoms with Crippen LogP contribution in [0, 0.1) is 0 Å². The Morgan fingerprint density at radius 3 is 2.20 bits per heavy atom. The monoisotopic (exact) mass is 548 g/mol. The van der Waals surface area contributed by atoms with E-state index in [4.69, 9.17) is 16.6 Å². The van der Waals surface area contributed by atoms with Gasteiger partial charge in [-0.1, -0.05) is 29.8 Å². The van der Waals surface area contributed by atoms with Crippen molar-refractivity contribution in [1.29, 1.82) is 0 Å². The van der Waals surface area contributed by atoms with Crippen molar-refractivity contribution in [2.24, 2.45) is 0 Å². The highest BCUT2D eigenvalue weighted by atomic mass is 35.5. The topological polar surface area (TPSA) is 73.4 Å². The molecule has 7 nitrogen and oxygen atoms in total. The van der Waals surface area contributed by atoms with Gasteiger partial charge in [-0.15, -0.1) is 0 Å². The van der Waals surface area contributed by atoms with Crippen molar-refractivity contribution in [3.05, 3.63) is 108 Å². The SMILES string of the molecule is CN1CCN(c2ccc(Nc3ncc4cc(-c5ccc(C(=O)Nc6ccc(Cl)cc6)cc5)ccc4n3)cc2)CC1. The second kappa shape index (κ2) is 11.3. The lowest BCUT2D eigenvalue weighted by Gasteiger charge is -2.34. The van der Waals surface area contributed by atoms with Gasteiger partial charge in [-0.25, -0.2) is 9.97 Å². The highest BCUT2D eigenvalue weighted by molar-refractivity contribution is 6.30. The van der Waals surface area contributed by atoms with Crippen LogP contribution in [0.25, 0.3) is 22.0 Å². The molecule has 1 saturated heterocycles. The number of fused-ring (bicyclic) bond motifs is 1. The number of anilines is 4. The Kier molecular flexibility index (Phi) is 7.31. The van der Waals surface area contributed by atoms with Gasteiger partial charge in [-0.3, -0.25) is 4.79 Å². The zero-order chi connectivity index (χ0) is 27.5. The summed E-state index contributed by atoms with van der Waals surface area (Å²) in [7, 11) is 2.17. The summed E-state index contributed by atoms with van der Waals surface area (Å²) in [5, 5.41) is 7.78. The summed E-state index contributed by atoms with van der Waals surface area (Å²) >= 11 is 5.92. The molecule has 2 heterocycles. The van der Waals surface area contributed by atoms with E-state index in [9.17, 15) is 4.79 Å². The van der Waals surface area contributed by atoms with Crippen molar-refractivity contribution in [2.75, 3.05) is 48.8 Å². The van der Waals surface area contributed by atoms with Crippen LogP contribution in [-0.2, 0) is 0 Å². The summed E-state index contributed by atoms with van der Waals surface area (Å²) in [6.07, 6.45) is 1.83. The number of nitrogens with one attached hydrogen (secondary N) is 2. The van der Waals surface area contributed by atoms with Crippen molar-refractivity contribution in [3.63, 3.8) is 0 Å². The molecule has 0 spiro atoms. The van der Waals surface area contributed by atoms with E-state index in [0.717, 1.165) is 53.9 Å². The maximum Gasteiger partial charge on any atom is 0.255 e. The number of hydrogen-bond acceptors (Lipinski definition) is 6. The number of nitrogens with zero attached hydrogens (tertiary/aromatic N) is 4. The number of carbonyl (C=O) groups excluding carboxylic acids is 1. The number of likely N-dealkylation sites (N-methyl/N-ethyl adjacent to an activating group) is 1. The standard InChI is InChI=1S/C32H29ClN6O/c1-38-16-18-39(19-17-38)29-13-11-28(12-14-29)36-32-34-21-25-20-24(6-15-30(25)37-32)22-2-4-23(5-3-22)31(40)35-27-9-7-26(33)8-10-27/h2-15,20-21H,16-19H2,1H3,(H,35,40)(H,34,36,37). The molecule has 5 aromatic rings. The minimum atomic E-state index is -0.171. The molecule has 2 N–H and O–H groups in total. The molecule has 4 aromatic carbocycles. The number of hydrogen-bond donors (Lipinski definition) is 2. The van der Waals surface area contributed by atoms with Crippen molar-refractivity contribution >= 4 is 51.4 Å². The quantitative estimate of drug-likeness (QED) is 0.246. The third-order valence-electron chi connectivity index (χ3n) is 7.15. The van der Waals surface area contributed by atoms with Crippen molar-refractivity contribution in [3.8, 4) is 11.1 Å². The first-order valence-corrected chi connectivity index (χ1v) is 13.6. The molecule has 8 heteroatoms. The Bertz CT molecular complexity index is 1630. The largest absolute Gasteiger partial charge is 0.369 e. The van der Waals surface area contributed by atoms with Gasteiger partial charge in [0.2, 0.25) is 5.95 Å². The normalized spacial score (nSPS) is 13.8. The lowest BCUT2D eigenvalue weighted by molar-refractivity contribution is 0.102. The number of piperazine rings is 1. The minimum Gasteiger partial charge on any atom is -0.369 e. The van der Waals surface area contributed by atoms with Crippen molar-refractivity contribution in [2.45, 2.75) is 0 Å². The maximum atomic E-state index is 12.6. The van der Waals surface area contributed by atoms with Crippen LogP contribution >= 0.6 is 11.6 Å². The summed E-state index contributed by atoms with van der Waals surface area (Å²) in [6.45, 7) is 4.26. The average molecular weight is 549 g/mol. The highest BCUT2D eigenvalue weighted by Crippen LogP contribution is 2.26. The summed E-state index contributed by atoms with van der Waals surface area (Å²) < 4.78 is 0. The van der Waals surface area contributed by atoms with Crippen LogP contribution in [0.1, 0.15) is 10.4 Å². The van der Waals surface area contributed by atoms with E-state index in [2.05, 4.69) is 62.8 Å². The molecular weight excluding hydrogens is 520 g/mol. The third kappa shape index (κ3) is 5.91. The molecule has 1 aliphatic rings. The number of amides is 1. The van der Waals surface area contributed by atoms with E-state index in [1.54, 1.807) is 24.3 Å². The molecule has 6 rings (SSSR count). The first-order chi connectivity index (χ1) is 19.5. The van der Waals surface area contributed by atoms with Crippen LogP contribution in [0.2, 0.25) is 5.02 Å². The Balaban J connectivity index is 1.12. The van der Waals surface area contributed by atoms with E-state index < -0.39 is 0 Å². The summed E-state index contributed by atoms with van der Waals surface area (Å²) in [6, 6.07) is 29.1. The molecule has 1 fully saturated rings. The Labute approximate surface area is 238 Å². The van der Waals surface area contributed by atoms with Gasteiger partial charge in [0.1, 0.15) is 0 Å².